The molecule has 1 aromatic heterocycles. The van der Waals surface area contributed by atoms with Gasteiger partial charge in [-0.05, 0) is 12.1 Å². The van der Waals surface area contributed by atoms with Crippen LogP contribution in [-0.4, -0.2) is 9.97 Å². The molecule has 0 spiro atoms. The van der Waals surface area contributed by atoms with Crippen LogP contribution >= 0.6 is 0 Å². The summed E-state index contributed by atoms with van der Waals surface area (Å²) < 4.78 is 13.0. The molecule has 0 saturated heterocycles. The van der Waals surface area contributed by atoms with Crippen molar-refractivity contribution >= 4 is 17.0 Å². The molecular weight excluding hydrogens is 171 g/mol. The van der Waals surface area contributed by atoms with Crippen LogP contribution in [-0.2, 0) is 0 Å². The quantitative estimate of drug-likeness (QED) is 0.632. The summed E-state index contributed by atoms with van der Waals surface area (Å²) >= 11 is 0. The Morgan fingerprint density at radius 2 is 2.31 bits per heavy atom. The predicted molar refractivity (Wildman–Crippen MR) is 45.2 cm³/mol. The van der Waals surface area contributed by atoms with Crippen LogP contribution in [0.15, 0.2) is 12.1 Å². The van der Waals surface area contributed by atoms with Gasteiger partial charge in [0.1, 0.15) is 23.0 Å². The van der Waals surface area contributed by atoms with Gasteiger partial charge in [0.2, 0.25) is 0 Å². The first-order valence-electron chi connectivity index (χ1n) is 3.56. The van der Waals surface area contributed by atoms with Gasteiger partial charge < -0.3 is 10.7 Å². The van der Waals surface area contributed by atoms with Crippen LogP contribution in [0, 0.1) is 17.1 Å². The normalized spacial score (nSPS) is 10.2. The van der Waals surface area contributed by atoms with Crippen molar-refractivity contribution in [3.63, 3.8) is 0 Å². The monoisotopic (exact) mass is 176 g/mol. The van der Waals surface area contributed by atoms with Gasteiger partial charge in [-0.3, -0.25) is 0 Å². The molecule has 2 rings (SSSR count). The minimum atomic E-state index is -0.582. The molecule has 0 aliphatic heterocycles. The van der Waals surface area contributed by atoms with Crippen LogP contribution in [0.1, 0.15) is 5.56 Å². The van der Waals surface area contributed by atoms with E-state index in [2.05, 4.69) is 9.97 Å². The molecule has 0 unspecified atom stereocenters. The maximum Gasteiger partial charge on any atom is 0.198 e. The number of rotatable bonds is 0. The van der Waals surface area contributed by atoms with Gasteiger partial charge in [0.15, 0.2) is 5.95 Å². The predicted octanol–water partition coefficient (Wildman–Crippen LogP) is 1.16. The summed E-state index contributed by atoms with van der Waals surface area (Å²) in [7, 11) is 0. The number of hydrogen-bond donors (Lipinski definition) is 2. The lowest BCUT2D eigenvalue weighted by molar-refractivity contribution is 0.626. The van der Waals surface area contributed by atoms with Gasteiger partial charge in [-0.15, -0.1) is 0 Å². The fourth-order valence-corrected chi connectivity index (χ4v) is 1.18. The molecule has 0 bridgehead atoms. The summed E-state index contributed by atoms with van der Waals surface area (Å²) in [6, 6.07) is 4.44. The molecule has 0 atom stereocenters. The third-order valence-electron chi connectivity index (χ3n) is 1.73. The van der Waals surface area contributed by atoms with Gasteiger partial charge in [0.25, 0.3) is 0 Å². The smallest absolute Gasteiger partial charge is 0.198 e. The number of hydrogen-bond acceptors (Lipinski definition) is 3. The molecule has 1 aromatic carbocycles. The lowest BCUT2D eigenvalue weighted by atomic mass is 10.2. The van der Waals surface area contributed by atoms with Gasteiger partial charge in [-0.2, -0.15) is 5.26 Å². The van der Waals surface area contributed by atoms with Crippen molar-refractivity contribution in [1.29, 1.82) is 5.26 Å². The number of H-pyrrole nitrogens is 1. The third kappa shape index (κ3) is 0.999. The second-order valence-electron chi connectivity index (χ2n) is 2.55. The first-order chi connectivity index (χ1) is 6.22. The van der Waals surface area contributed by atoms with Gasteiger partial charge in [0.05, 0.1) is 5.52 Å². The molecule has 0 radical (unpaired) electrons. The zero-order valence-corrected chi connectivity index (χ0v) is 6.50. The number of nitrogens with zero attached hydrogens (tertiary/aromatic N) is 2. The number of imidazole rings is 1. The fraction of sp³-hybridized carbons (Fsp3) is 0. The fourth-order valence-electron chi connectivity index (χ4n) is 1.18. The van der Waals surface area contributed by atoms with E-state index in [1.54, 1.807) is 6.07 Å². The van der Waals surface area contributed by atoms with Crippen molar-refractivity contribution in [2.45, 2.75) is 0 Å². The molecule has 0 aliphatic carbocycles. The van der Waals surface area contributed by atoms with Gasteiger partial charge in [0, 0.05) is 0 Å². The number of halogens is 1. The van der Waals surface area contributed by atoms with Crippen molar-refractivity contribution in [2.75, 3.05) is 5.73 Å². The molecule has 64 valence electrons. The van der Waals surface area contributed by atoms with Crippen molar-refractivity contribution in [2.24, 2.45) is 0 Å². The highest BCUT2D eigenvalue weighted by molar-refractivity contribution is 5.83. The Hall–Kier alpha value is -2.09. The van der Waals surface area contributed by atoms with E-state index in [-0.39, 0.29) is 17.0 Å². The largest absolute Gasteiger partial charge is 0.369 e. The standard InChI is InChI=1S/C8H5FN4/c9-5-1-2-6-7(4(5)3-10)13-8(11)12-6/h1-2H,(H3,11,12,13). The molecule has 4 nitrogen and oxygen atoms in total. The van der Waals surface area contributed by atoms with E-state index < -0.39 is 5.82 Å². The summed E-state index contributed by atoms with van der Waals surface area (Å²) in [5, 5.41) is 8.64. The van der Waals surface area contributed by atoms with E-state index in [0.29, 0.717) is 5.52 Å². The molecule has 0 amide bonds. The minimum absolute atomic E-state index is 0.0783. The topological polar surface area (TPSA) is 78.5 Å². The Bertz CT molecular complexity index is 509. The lowest BCUT2D eigenvalue weighted by Gasteiger charge is -1.92. The van der Waals surface area contributed by atoms with E-state index in [1.165, 1.54) is 12.1 Å². The Kier molecular flexibility index (Phi) is 1.43. The highest BCUT2D eigenvalue weighted by Gasteiger charge is 2.09. The maximum atomic E-state index is 13.0. The molecule has 1 heterocycles. The molecule has 13 heavy (non-hydrogen) atoms. The third-order valence-corrected chi connectivity index (χ3v) is 1.73. The minimum Gasteiger partial charge on any atom is -0.369 e. The van der Waals surface area contributed by atoms with Crippen LogP contribution in [0.25, 0.3) is 11.0 Å². The number of aromatic amines is 1. The number of fused-ring (bicyclic) bond motifs is 1. The molecule has 5 heteroatoms. The Balaban J connectivity index is 2.93. The first kappa shape index (κ1) is 7.55. The zero-order chi connectivity index (χ0) is 9.42. The van der Waals surface area contributed by atoms with Gasteiger partial charge in [-0.25, -0.2) is 9.37 Å². The van der Waals surface area contributed by atoms with Crippen molar-refractivity contribution < 1.29 is 4.39 Å². The summed E-state index contributed by atoms with van der Waals surface area (Å²) in [4.78, 5) is 6.51. The molecule has 0 fully saturated rings. The molecular formula is C8H5FN4. The van der Waals surface area contributed by atoms with Crippen LogP contribution < -0.4 is 5.73 Å². The summed E-state index contributed by atoms with van der Waals surface area (Å²) in [6.07, 6.45) is 0. The summed E-state index contributed by atoms with van der Waals surface area (Å²) in [6.45, 7) is 0. The zero-order valence-electron chi connectivity index (χ0n) is 6.50. The number of aromatic nitrogens is 2. The number of anilines is 1. The number of nitrogens with two attached hydrogens (primary N) is 1. The second kappa shape index (κ2) is 2.45. The Morgan fingerprint density at radius 1 is 1.54 bits per heavy atom. The van der Waals surface area contributed by atoms with Crippen LogP contribution in [0.5, 0.6) is 0 Å². The van der Waals surface area contributed by atoms with Crippen LogP contribution in [0.4, 0.5) is 10.3 Å². The van der Waals surface area contributed by atoms with E-state index in [0.717, 1.165) is 0 Å². The van der Waals surface area contributed by atoms with Gasteiger partial charge >= 0.3 is 0 Å². The average Bonchev–Trinajstić information content (AvgIpc) is 2.45. The van der Waals surface area contributed by atoms with Crippen LogP contribution in [0.3, 0.4) is 0 Å². The van der Waals surface area contributed by atoms with Crippen molar-refractivity contribution in [3.8, 4) is 6.07 Å². The summed E-state index contributed by atoms with van der Waals surface area (Å²) in [5.41, 5.74) is 6.13. The summed E-state index contributed by atoms with van der Waals surface area (Å²) in [5.74, 6) is -0.404. The van der Waals surface area contributed by atoms with E-state index >= 15 is 0 Å². The molecule has 2 aromatic rings. The van der Waals surface area contributed by atoms with Crippen LogP contribution in [0.2, 0.25) is 0 Å². The molecule has 3 N–H and O–H groups in total. The SMILES string of the molecule is N#Cc1c(F)ccc2[nH]c(N)nc12. The molecule has 0 saturated carbocycles. The second-order valence-corrected chi connectivity index (χ2v) is 2.55. The first-order valence-corrected chi connectivity index (χ1v) is 3.56. The number of benzene rings is 1. The number of nitrogen functional groups attached to an aromatic ring is 1. The molecule has 0 aliphatic rings. The van der Waals surface area contributed by atoms with E-state index in [9.17, 15) is 4.39 Å². The highest BCUT2D eigenvalue weighted by Crippen LogP contribution is 2.19. The van der Waals surface area contributed by atoms with Gasteiger partial charge in [-0.1, -0.05) is 0 Å². The maximum absolute atomic E-state index is 13.0. The number of nitriles is 1. The Labute approximate surface area is 72.8 Å². The van der Waals surface area contributed by atoms with E-state index in [4.69, 9.17) is 11.0 Å². The van der Waals surface area contributed by atoms with E-state index in [1.807, 2.05) is 0 Å². The number of nitrogens with one attached hydrogen (secondary N) is 1. The van der Waals surface area contributed by atoms with Crippen molar-refractivity contribution in [1.82, 2.24) is 9.97 Å². The Morgan fingerprint density at radius 3 is 3.00 bits per heavy atom. The lowest BCUT2D eigenvalue weighted by Crippen LogP contribution is -1.86. The highest BCUT2D eigenvalue weighted by atomic mass is 19.1. The van der Waals surface area contributed by atoms with Crippen molar-refractivity contribution in [3.05, 3.63) is 23.5 Å². The average molecular weight is 176 g/mol.